The summed E-state index contributed by atoms with van der Waals surface area (Å²) >= 11 is 2.89. The highest BCUT2D eigenvalue weighted by Gasteiger charge is 2.20. The van der Waals surface area contributed by atoms with Crippen molar-refractivity contribution in [2.75, 3.05) is 44.7 Å². The van der Waals surface area contributed by atoms with E-state index in [0.29, 0.717) is 10.6 Å². The van der Waals surface area contributed by atoms with Gasteiger partial charge in [0.15, 0.2) is 0 Å². The number of nitrogen functional groups attached to an aromatic ring is 1. The second-order valence-electron chi connectivity index (χ2n) is 4.18. The third kappa shape index (κ3) is 4.57. The van der Waals surface area contributed by atoms with Crippen molar-refractivity contribution in [3.63, 3.8) is 0 Å². The molecule has 3 N–H and O–H groups in total. The van der Waals surface area contributed by atoms with Gasteiger partial charge in [-0.05, 0) is 25.5 Å². The highest BCUT2D eigenvalue weighted by atomic mass is 32.2. The standard InChI is InChI=1S/C13H22N2O3S2/c1-17-8-6-4-5-7-15-12-10(19-3)9(14)11(20-12)13(16)18-2/h15H,4-8,14H2,1-3H3. The SMILES string of the molecule is COCCCCCNc1sc(C(=O)OC)c(N)c1SC. The number of ether oxygens (including phenoxy) is 2. The van der Waals surface area contributed by atoms with Crippen LogP contribution in [0.2, 0.25) is 0 Å². The zero-order chi connectivity index (χ0) is 15.0. The Morgan fingerprint density at radius 2 is 2.10 bits per heavy atom. The molecule has 1 heterocycles. The molecule has 0 aromatic carbocycles. The third-order valence-electron chi connectivity index (χ3n) is 2.79. The van der Waals surface area contributed by atoms with E-state index in [2.05, 4.69) is 5.32 Å². The second kappa shape index (κ2) is 9.10. The van der Waals surface area contributed by atoms with Crippen molar-refractivity contribution in [3.05, 3.63) is 4.88 Å². The Bertz CT molecular complexity index is 435. The van der Waals surface area contributed by atoms with Crippen LogP contribution in [0.25, 0.3) is 0 Å². The molecular formula is C13H22N2O3S2. The first-order valence-electron chi connectivity index (χ1n) is 6.43. The fourth-order valence-corrected chi connectivity index (χ4v) is 3.72. The maximum absolute atomic E-state index is 11.6. The Morgan fingerprint density at radius 3 is 2.70 bits per heavy atom. The number of esters is 1. The van der Waals surface area contributed by atoms with E-state index in [0.717, 1.165) is 42.3 Å². The predicted molar refractivity (Wildman–Crippen MR) is 86.1 cm³/mol. The van der Waals surface area contributed by atoms with Crippen LogP contribution in [0.5, 0.6) is 0 Å². The summed E-state index contributed by atoms with van der Waals surface area (Å²) in [5.41, 5.74) is 6.50. The van der Waals surface area contributed by atoms with E-state index in [-0.39, 0.29) is 5.97 Å². The molecule has 0 bridgehead atoms. The van der Waals surface area contributed by atoms with Crippen LogP contribution < -0.4 is 11.1 Å². The van der Waals surface area contributed by atoms with Gasteiger partial charge in [-0.2, -0.15) is 0 Å². The zero-order valence-electron chi connectivity index (χ0n) is 12.2. The lowest BCUT2D eigenvalue weighted by Crippen LogP contribution is -2.02. The molecule has 0 aliphatic carbocycles. The van der Waals surface area contributed by atoms with E-state index in [4.69, 9.17) is 15.2 Å². The van der Waals surface area contributed by atoms with Gasteiger partial charge in [0.05, 0.1) is 17.7 Å². The van der Waals surface area contributed by atoms with Gasteiger partial charge in [0.1, 0.15) is 9.88 Å². The molecule has 0 aliphatic rings. The van der Waals surface area contributed by atoms with Crippen LogP contribution in [0.15, 0.2) is 4.90 Å². The normalized spacial score (nSPS) is 10.6. The maximum Gasteiger partial charge on any atom is 0.350 e. The molecule has 0 fully saturated rings. The number of carbonyl (C=O) groups is 1. The number of anilines is 2. The molecule has 0 saturated carbocycles. The zero-order valence-corrected chi connectivity index (χ0v) is 13.8. The summed E-state index contributed by atoms with van der Waals surface area (Å²) in [7, 11) is 3.08. The topological polar surface area (TPSA) is 73.6 Å². The number of nitrogens with one attached hydrogen (secondary N) is 1. The average Bonchev–Trinajstić information content (AvgIpc) is 2.78. The van der Waals surface area contributed by atoms with Gasteiger partial charge in [-0.25, -0.2) is 4.79 Å². The summed E-state index contributed by atoms with van der Waals surface area (Å²) in [5, 5.41) is 4.30. The van der Waals surface area contributed by atoms with Gasteiger partial charge < -0.3 is 20.5 Å². The number of carbonyl (C=O) groups excluding carboxylic acids is 1. The van der Waals surface area contributed by atoms with Crippen LogP contribution in [0.1, 0.15) is 28.9 Å². The molecule has 20 heavy (non-hydrogen) atoms. The Labute approximate surface area is 128 Å². The summed E-state index contributed by atoms with van der Waals surface area (Å²) in [6.45, 7) is 1.66. The Kier molecular flexibility index (Phi) is 7.79. The molecule has 5 nitrogen and oxygen atoms in total. The van der Waals surface area contributed by atoms with Crippen molar-refractivity contribution in [1.29, 1.82) is 0 Å². The number of nitrogens with two attached hydrogens (primary N) is 1. The lowest BCUT2D eigenvalue weighted by atomic mass is 10.2. The molecule has 0 aliphatic heterocycles. The van der Waals surface area contributed by atoms with E-state index in [1.165, 1.54) is 30.2 Å². The number of thioether (sulfide) groups is 1. The van der Waals surface area contributed by atoms with Gasteiger partial charge in [-0.1, -0.05) is 0 Å². The fraction of sp³-hybridized carbons (Fsp3) is 0.615. The van der Waals surface area contributed by atoms with Crippen molar-refractivity contribution in [1.82, 2.24) is 0 Å². The molecule has 1 aromatic rings. The molecule has 114 valence electrons. The third-order valence-corrected chi connectivity index (χ3v) is 4.89. The van der Waals surface area contributed by atoms with Gasteiger partial charge in [-0.3, -0.25) is 0 Å². The summed E-state index contributed by atoms with van der Waals surface area (Å²) in [5.74, 6) is -0.379. The lowest BCUT2D eigenvalue weighted by Gasteiger charge is -2.06. The summed E-state index contributed by atoms with van der Waals surface area (Å²) in [6.07, 6.45) is 5.18. The van der Waals surface area contributed by atoms with Crippen LogP contribution in [-0.2, 0) is 9.47 Å². The largest absolute Gasteiger partial charge is 0.465 e. The minimum Gasteiger partial charge on any atom is -0.465 e. The van der Waals surface area contributed by atoms with Crippen molar-refractivity contribution in [2.24, 2.45) is 0 Å². The van der Waals surface area contributed by atoms with Crippen LogP contribution in [0.4, 0.5) is 10.7 Å². The Hall–Kier alpha value is -0.920. The van der Waals surface area contributed by atoms with Crippen molar-refractivity contribution < 1.29 is 14.3 Å². The number of rotatable bonds is 9. The first-order valence-corrected chi connectivity index (χ1v) is 8.47. The second-order valence-corrected chi connectivity index (χ2v) is 6.02. The Balaban J connectivity index is 2.58. The van der Waals surface area contributed by atoms with Crippen LogP contribution in [-0.4, -0.2) is 39.6 Å². The summed E-state index contributed by atoms with van der Waals surface area (Å²) in [6, 6.07) is 0. The van der Waals surface area contributed by atoms with Crippen molar-refractivity contribution in [2.45, 2.75) is 24.2 Å². The molecule has 0 spiro atoms. The van der Waals surface area contributed by atoms with Gasteiger partial charge in [-0.15, -0.1) is 23.1 Å². The van der Waals surface area contributed by atoms with Gasteiger partial charge >= 0.3 is 5.97 Å². The van der Waals surface area contributed by atoms with E-state index < -0.39 is 0 Å². The first-order chi connectivity index (χ1) is 9.65. The van der Waals surface area contributed by atoms with Gasteiger partial charge in [0, 0.05) is 20.3 Å². The van der Waals surface area contributed by atoms with Gasteiger partial charge in [0.25, 0.3) is 0 Å². The minimum absolute atomic E-state index is 0.379. The van der Waals surface area contributed by atoms with E-state index in [9.17, 15) is 4.79 Å². The molecule has 0 unspecified atom stereocenters. The maximum atomic E-state index is 11.6. The highest BCUT2D eigenvalue weighted by molar-refractivity contribution is 7.99. The van der Waals surface area contributed by atoms with E-state index in [1.54, 1.807) is 7.11 Å². The van der Waals surface area contributed by atoms with Crippen LogP contribution >= 0.6 is 23.1 Å². The highest BCUT2D eigenvalue weighted by Crippen LogP contribution is 2.41. The average molecular weight is 318 g/mol. The van der Waals surface area contributed by atoms with Crippen molar-refractivity contribution in [3.8, 4) is 0 Å². The fourth-order valence-electron chi connectivity index (χ4n) is 1.74. The molecule has 0 radical (unpaired) electrons. The van der Waals surface area contributed by atoms with Crippen LogP contribution in [0.3, 0.4) is 0 Å². The van der Waals surface area contributed by atoms with Crippen LogP contribution in [0, 0.1) is 0 Å². The number of unbranched alkanes of at least 4 members (excludes halogenated alkanes) is 2. The predicted octanol–water partition coefficient (Wildman–Crippen LogP) is 3.07. The Morgan fingerprint density at radius 1 is 1.35 bits per heavy atom. The molecular weight excluding hydrogens is 296 g/mol. The van der Waals surface area contributed by atoms with Crippen molar-refractivity contribution >= 4 is 39.8 Å². The molecule has 7 heteroatoms. The summed E-state index contributed by atoms with van der Waals surface area (Å²) in [4.78, 5) is 13.0. The molecule has 0 atom stereocenters. The number of methoxy groups -OCH3 is 2. The van der Waals surface area contributed by atoms with E-state index in [1.807, 2.05) is 6.26 Å². The first kappa shape index (κ1) is 17.1. The van der Waals surface area contributed by atoms with Gasteiger partial charge in [0.2, 0.25) is 0 Å². The number of hydrogen-bond acceptors (Lipinski definition) is 7. The van der Waals surface area contributed by atoms with E-state index >= 15 is 0 Å². The molecule has 0 saturated heterocycles. The molecule has 1 rings (SSSR count). The number of thiophene rings is 1. The quantitative estimate of drug-likeness (QED) is 0.414. The molecule has 0 amide bonds. The smallest absolute Gasteiger partial charge is 0.350 e. The number of hydrogen-bond donors (Lipinski definition) is 2. The lowest BCUT2D eigenvalue weighted by molar-refractivity contribution is 0.0607. The minimum atomic E-state index is -0.379. The summed E-state index contributed by atoms with van der Waals surface area (Å²) < 4.78 is 9.75. The molecule has 1 aromatic heterocycles. The monoisotopic (exact) mass is 318 g/mol.